The molecule has 136 valence electrons. The fraction of sp³-hybridized carbons (Fsp3) is 0.667. The summed E-state index contributed by atoms with van der Waals surface area (Å²) in [6.07, 6.45) is 5.13. The fourth-order valence-electron chi connectivity index (χ4n) is 3.87. The molecule has 3 nitrogen and oxygen atoms in total. The molecule has 2 aliphatic rings. The van der Waals surface area contributed by atoms with Gasteiger partial charge in [-0.2, -0.15) is 0 Å². The predicted molar refractivity (Wildman–Crippen MR) is 102 cm³/mol. The molecule has 1 unspecified atom stereocenters. The molecule has 1 saturated carbocycles. The van der Waals surface area contributed by atoms with Crippen LogP contribution in [0, 0.1) is 0 Å². The Morgan fingerprint density at radius 2 is 1.75 bits per heavy atom. The Morgan fingerprint density at radius 1 is 1.08 bits per heavy atom. The summed E-state index contributed by atoms with van der Waals surface area (Å²) in [6.45, 7) is 4.23. The summed E-state index contributed by atoms with van der Waals surface area (Å²) in [5, 5.41) is 12.5. The highest BCUT2D eigenvalue weighted by molar-refractivity contribution is 6.42. The standard InChI is InChI=1S/C18H25Cl2NO2.ClH/c19-16-5-4-14(12-17(16)20)15(13-21-8-10-23-11-9-21)18(22)6-2-1-3-7-18;/h4-5,12,15,22H,1-3,6-11,13H2;1H. The van der Waals surface area contributed by atoms with Crippen LogP contribution in [-0.4, -0.2) is 48.5 Å². The predicted octanol–water partition coefficient (Wildman–Crippen LogP) is 4.53. The molecule has 3 rings (SSSR count). The summed E-state index contributed by atoms with van der Waals surface area (Å²) in [7, 11) is 0. The van der Waals surface area contributed by atoms with E-state index in [1.807, 2.05) is 18.2 Å². The smallest absolute Gasteiger partial charge is 0.0728 e. The highest BCUT2D eigenvalue weighted by Gasteiger charge is 2.39. The van der Waals surface area contributed by atoms with Crippen molar-refractivity contribution in [1.82, 2.24) is 4.90 Å². The van der Waals surface area contributed by atoms with Crippen LogP contribution in [0.3, 0.4) is 0 Å². The van der Waals surface area contributed by atoms with Gasteiger partial charge in [-0.05, 0) is 30.5 Å². The number of aliphatic hydroxyl groups is 1. The topological polar surface area (TPSA) is 32.7 Å². The zero-order valence-electron chi connectivity index (χ0n) is 13.8. The maximum Gasteiger partial charge on any atom is 0.0728 e. The molecule has 1 heterocycles. The van der Waals surface area contributed by atoms with Gasteiger partial charge in [0.1, 0.15) is 0 Å². The quantitative estimate of drug-likeness (QED) is 0.814. The number of morpholine rings is 1. The van der Waals surface area contributed by atoms with E-state index >= 15 is 0 Å². The number of ether oxygens (including phenoxy) is 1. The van der Waals surface area contributed by atoms with E-state index in [2.05, 4.69) is 4.90 Å². The van der Waals surface area contributed by atoms with Crippen LogP contribution in [0.25, 0.3) is 0 Å². The van der Waals surface area contributed by atoms with E-state index in [0.717, 1.165) is 64.1 Å². The Labute approximate surface area is 160 Å². The summed E-state index contributed by atoms with van der Waals surface area (Å²) < 4.78 is 5.45. The van der Waals surface area contributed by atoms with Crippen LogP contribution >= 0.6 is 35.6 Å². The number of benzene rings is 1. The van der Waals surface area contributed by atoms with Crippen molar-refractivity contribution in [3.63, 3.8) is 0 Å². The van der Waals surface area contributed by atoms with Crippen LogP contribution in [0.1, 0.15) is 43.6 Å². The molecule has 1 N–H and O–H groups in total. The van der Waals surface area contributed by atoms with E-state index in [-0.39, 0.29) is 18.3 Å². The van der Waals surface area contributed by atoms with E-state index in [4.69, 9.17) is 27.9 Å². The first-order valence-electron chi connectivity index (χ1n) is 8.56. The van der Waals surface area contributed by atoms with Crippen LogP contribution in [0.5, 0.6) is 0 Å². The third-order valence-electron chi connectivity index (χ3n) is 5.26. The summed E-state index contributed by atoms with van der Waals surface area (Å²) in [5.74, 6) is 0.0654. The number of hydrogen-bond donors (Lipinski definition) is 1. The van der Waals surface area contributed by atoms with Crippen molar-refractivity contribution in [2.24, 2.45) is 0 Å². The lowest BCUT2D eigenvalue weighted by Gasteiger charge is -2.42. The van der Waals surface area contributed by atoms with Crippen LogP contribution in [-0.2, 0) is 4.74 Å². The molecule has 0 radical (unpaired) electrons. The monoisotopic (exact) mass is 393 g/mol. The highest BCUT2D eigenvalue weighted by atomic mass is 35.5. The lowest BCUT2D eigenvalue weighted by molar-refractivity contribution is -0.0414. The zero-order valence-corrected chi connectivity index (χ0v) is 16.2. The zero-order chi connectivity index (χ0) is 16.3. The molecule has 1 aromatic rings. The molecule has 24 heavy (non-hydrogen) atoms. The van der Waals surface area contributed by atoms with E-state index in [0.29, 0.717) is 10.0 Å². The average molecular weight is 395 g/mol. The summed E-state index contributed by atoms with van der Waals surface area (Å²) in [6, 6.07) is 5.80. The first kappa shape index (κ1) is 20.3. The van der Waals surface area contributed by atoms with Crippen molar-refractivity contribution >= 4 is 35.6 Å². The Hall–Kier alpha value is -0.0300. The highest BCUT2D eigenvalue weighted by Crippen LogP contribution is 2.41. The van der Waals surface area contributed by atoms with Crippen LogP contribution < -0.4 is 0 Å². The van der Waals surface area contributed by atoms with Crippen molar-refractivity contribution < 1.29 is 9.84 Å². The molecule has 6 heteroatoms. The van der Waals surface area contributed by atoms with Gasteiger partial charge in [-0.25, -0.2) is 0 Å². The van der Waals surface area contributed by atoms with Crippen molar-refractivity contribution in [3.05, 3.63) is 33.8 Å². The Kier molecular flexibility index (Phi) is 7.66. The number of hydrogen-bond acceptors (Lipinski definition) is 3. The maximum atomic E-state index is 11.3. The molecule has 0 aromatic heterocycles. The average Bonchev–Trinajstić information content (AvgIpc) is 2.57. The summed E-state index contributed by atoms with van der Waals surface area (Å²) >= 11 is 12.3. The number of nitrogens with zero attached hydrogens (tertiary/aromatic N) is 1. The molecule has 2 fully saturated rings. The van der Waals surface area contributed by atoms with E-state index < -0.39 is 5.60 Å². The number of rotatable bonds is 4. The third kappa shape index (κ3) is 4.78. The minimum atomic E-state index is -0.645. The van der Waals surface area contributed by atoms with Gasteiger partial charge < -0.3 is 9.84 Å². The fourth-order valence-corrected chi connectivity index (χ4v) is 4.18. The van der Waals surface area contributed by atoms with Gasteiger partial charge >= 0.3 is 0 Å². The first-order valence-corrected chi connectivity index (χ1v) is 9.31. The lowest BCUT2D eigenvalue weighted by atomic mass is 9.72. The Morgan fingerprint density at radius 3 is 2.38 bits per heavy atom. The molecule has 0 bridgehead atoms. The van der Waals surface area contributed by atoms with Crippen molar-refractivity contribution in [2.75, 3.05) is 32.8 Å². The molecule has 0 amide bonds. The second-order valence-electron chi connectivity index (χ2n) is 6.80. The number of halogens is 3. The summed E-state index contributed by atoms with van der Waals surface area (Å²) in [5.41, 5.74) is 0.448. The molecule has 1 atom stereocenters. The molecule has 0 spiro atoms. The third-order valence-corrected chi connectivity index (χ3v) is 6.00. The maximum absolute atomic E-state index is 11.3. The molecule has 1 aliphatic carbocycles. The Balaban J connectivity index is 0.00000208. The van der Waals surface area contributed by atoms with E-state index in [1.54, 1.807) is 0 Å². The van der Waals surface area contributed by atoms with Crippen LogP contribution in [0.15, 0.2) is 18.2 Å². The second-order valence-corrected chi connectivity index (χ2v) is 7.62. The molecule has 1 aromatic carbocycles. The molecular weight excluding hydrogens is 369 g/mol. The largest absolute Gasteiger partial charge is 0.389 e. The van der Waals surface area contributed by atoms with Gasteiger partial charge in [-0.15, -0.1) is 12.4 Å². The van der Waals surface area contributed by atoms with Crippen LogP contribution in [0.2, 0.25) is 10.0 Å². The summed E-state index contributed by atoms with van der Waals surface area (Å²) in [4.78, 5) is 2.39. The Bertz CT molecular complexity index is 529. The molecule has 1 aliphatic heterocycles. The van der Waals surface area contributed by atoms with Gasteiger partial charge in [0.2, 0.25) is 0 Å². The first-order chi connectivity index (χ1) is 11.1. The minimum absolute atomic E-state index is 0. The van der Waals surface area contributed by atoms with Crippen molar-refractivity contribution in [3.8, 4) is 0 Å². The van der Waals surface area contributed by atoms with Gasteiger partial charge in [0.05, 0.1) is 28.9 Å². The van der Waals surface area contributed by atoms with Gasteiger partial charge in [0.25, 0.3) is 0 Å². The van der Waals surface area contributed by atoms with Gasteiger partial charge in [0, 0.05) is 25.6 Å². The van der Waals surface area contributed by atoms with Gasteiger partial charge in [-0.1, -0.05) is 48.5 Å². The van der Waals surface area contributed by atoms with Crippen LogP contribution in [0.4, 0.5) is 0 Å². The second kappa shape index (κ2) is 9.07. The van der Waals surface area contributed by atoms with E-state index in [9.17, 15) is 5.11 Å². The minimum Gasteiger partial charge on any atom is -0.389 e. The van der Waals surface area contributed by atoms with Gasteiger partial charge in [0.15, 0.2) is 0 Å². The van der Waals surface area contributed by atoms with Crippen molar-refractivity contribution in [1.29, 1.82) is 0 Å². The van der Waals surface area contributed by atoms with Gasteiger partial charge in [-0.3, -0.25) is 4.90 Å². The van der Waals surface area contributed by atoms with E-state index in [1.165, 1.54) is 6.42 Å². The molecule has 1 saturated heterocycles. The lowest BCUT2D eigenvalue weighted by Crippen LogP contribution is -2.47. The SMILES string of the molecule is Cl.OC1(C(CN2CCOCC2)c2ccc(Cl)c(Cl)c2)CCCCC1. The van der Waals surface area contributed by atoms with Crippen molar-refractivity contribution in [2.45, 2.75) is 43.6 Å². The molecular formula is C18H26Cl3NO2. The normalized spacial score (nSPS) is 22.6.